The molecule has 0 aliphatic carbocycles. The van der Waals surface area contributed by atoms with E-state index in [4.69, 9.17) is 9.84 Å². The molecular formula is C7H12O4. The van der Waals surface area contributed by atoms with Crippen LogP contribution in [-0.4, -0.2) is 35.0 Å². The molecule has 0 amide bonds. The van der Waals surface area contributed by atoms with Crippen molar-refractivity contribution in [1.29, 1.82) is 0 Å². The first-order valence-electron chi connectivity index (χ1n) is 3.44. The molecule has 2 N–H and O–H groups in total. The second kappa shape index (κ2) is 2.19. The number of hydrogen-bond acceptors (Lipinski definition) is 3. The van der Waals surface area contributed by atoms with Gasteiger partial charge in [-0.1, -0.05) is 13.8 Å². The number of hydrogen-bond donors (Lipinski definition) is 2. The van der Waals surface area contributed by atoms with Gasteiger partial charge < -0.3 is 14.9 Å². The Bertz CT molecular complexity index is 187. The molecule has 0 aromatic heterocycles. The van der Waals surface area contributed by atoms with E-state index in [-0.39, 0.29) is 13.2 Å². The zero-order chi connectivity index (χ0) is 8.70. The summed E-state index contributed by atoms with van der Waals surface area (Å²) in [6, 6.07) is 0. The van der Waals surface area contributed by atoms with Crippen molar-refractivity contribution in [2.45, 2.75) is 19.4 Å². The molecule has 1 aliphatic heterocycles. The molecule has 0 aromatic rings. The topological polar surface area (TPSA) is 66.8 Å². The van der Waals surface area contributed by atoms with E-state index < -0.39 is 17.0 Å². The Balaban J connectivity index is 2.93. The summed E-state index contributed by atoms with van der Waals surface area (Å²) in [7, 11) is 0. The van der Waals surface area contributed by atoms with Gasteiger partial charge in [-0.3, -0.25) is 0 Å². The second-order valence-corrected chi connectivity index (χ2v) is 3.54. The van der Waals surface area contributed by atoms with Crippen LogP contribution >= 0.6 is 0 Å². The number of carbonyl (C=O) groups is 1. The van der Waals surface area contributed by atoms with Gasteiger partial charge in [0.05, 0.1) is 13.2 Å². The van der Waals surface area contributed by atoms with E-state index in [9.17, 15) is 9.90 Å². The van der Waals surface area contributed by atoms with Crippen LogP contribution in [0.15, 0.2) is 0 Å². The summed E-state index contributed by atoms with van der Waals surface area (Å²) in [4.78, 5) is 10.6. The fourth-order valence-corrected chi connectivity index (χ4v) is 1.12. The summed E-state index contributed by atoms with van der Waals surface area (Å²) in [5.41, 5.74) is -2.41. The van der Waals surface area contributed by atoms with E-state index in [0.717, 1.165) is 0 Å². The monoisotopic (exact) mass is 160 g/mol. The third-order valence-corrected chi connectivity index (χ3v) is 2.25. The first-order chi connectivity index (χ1) is 4.90. The minimum atomic E-state index is -1.72. The molecule has 64 valence electrons. The minimum absolute atomic E-state index is 0.116. The molecule has 1 fully saturated rings. The smallest absolute Gasteiger partial charge is 0.338 e. The minimum Gasteiger partial charge on any atom is -0.479 e. The quantitative estimate of drug-likeness (QED) is 0.560. The Morgan fingerprint density at radius 1 is 1.45 bits per heavy atom. The number of aliphatic carboxylic acids is 1. The number of carboxylic acids is 1. The predicted molar refractivity (Wildman–Crippen MR) is 37.2 cm³/mol. The van der Waals surface area contributed by atoms with E-state index >= 15 is 0 Å². The highest BCUT2D eigenvalue weighted by molar-refractivity contribution is 5.78. The Morgan fingerprint density at radius 2 is 2.00 bits per heavy atom. The molecule has 0 radical (unpaired) electrons. The lowest BCUT2D eigenvalue weighted by atomic mass is 9.78. The average Bonchev–Trinajstić information content (AvgIpc) is 2.09. The van der Waals surface area contributed by atoms with Gasteiger partial charge in [-0.2, -0.15) is 0 Å². The summed E-state index contributed by atoms with van der Waals surface area (Å²) < 4.78 is 4.91. The van der Waals surface area contributed by atoms with Crippen molar-refractivity contribution < 1.29 is 19.7 Å². The van der Waals surface area contributed by atoms with E-state index in [1.54, 1.807) is 13.8 Å². The van der Waals surface area contributed by atoms with Crippen molar-refractivity contribution in [3.63, 3.8) is 0 Å². The van der Waals surface area contributed by atoms with E-state index in [1.165, 1.54) is 0 Å². The molecule has 11 heavy (non-hydrogen) atoms. The van der Waals surface area contributed by atoms with Crippen LogP contribution in [0.2, 0.25) is 0 Å². The predicted octanol–water partition coefficient (Wildman–Crippen LogP) is -0.142. The highest BCUT2D eigenvalue weighted by Gasteiger charge is 2.54. The Hall–Kier alpha value is -0.610. The van der Waals surface area contributed by atoms with Crippen LogP contribution in [0, 0.1) is 5.41 Å². The van der Waals surface area contributed by atoms with E-state index in [2.05, 4.69) is 0 Å². The third kappa shape index (κ3) is 1.02. The normalized spacial score (nSPS) is 35.5. The van der Waals surface area contributed by atoms with Crippen LogP contribution < -0.4 is 0 Å². The summed E-state index contributed by atoms with van der Waals surface area (Å²) in [6.07, 6.45) is 0. The third-order valence-electron chi connectivity index (χ3n) is 2.25. The Morgan fingerprint density at radius 3 is 2.18 bits per heavy atom. The lowest BCUT2D eigenvalue weighted by molar-refractivity contribution is -0.166. The molecular weight excluding hydrogens is 148 g/mol. The van der Waals surface area contributed by atoms with Crippen LogP contribution in [-0.2, 0) is 9.53 Å². The Labute approximate surface area is 64.8 Å². The summed E-state index contributed by atoms with van der Waals surface area (Å²) in [6.45, 7) is 3.52. The van der Waals surface area contributed by atoms with Gasteiger partial charge in [0.1, 0.15) is 0 Å². The SMILES string of the molecule is CC1(C)COCC1(O)C(=O)O. The fraction of sp³-hybridized carbons (Fsp3) is 0.857. The van der Waals surface area contributed by atoms with Gasteiger partial charge in [0.25, 0.3) is 0 Å². The molecule has 1 aliphatic rings. The molecule has 0 aromatic carbocycles. The average molecular weight is 160 g/mol. The Kier molecular flexibility index (Phi) is 1.69. The molecule has 1 heterocycles. The molecule has 1 saturated heterocycles. The largest absolute Gasteiger partial charge is 0.479 e. The molecule has 0 bridgehead atoms. The van der Waals surface area contributed by atoms with Gasteiger partial charge in [-0.15, -0.1) is 0 Å². The zero-order valence-electron chi connectivity index (χ0n) is 6.63. The molecule has 1 unspecified atom stereocenters. The molecule has 0 saturated carbocycles. The number of ether oxygens (including phenoxy) is 1. The summed E-state index contributed by atoms with van der Waals surface area (Å²) in [5, 5.41) is 18.2. The van der Waals surface area contributed by atoms with Crippen molar-refractivity contribution in [1.82, 2.24) is 0 Å². The van der Waals surface area contributed by atoms with Crippen molar-refractivity contribution in [3.05, 3.63) is 0 Å². The van der Waals surface area contributed by atoms with E-state index in [1.807, 2.05) is 0 Å². The lowest BCUT2D eigenvalue weighted by Crippen LogP contribution is -2.50. The van der Waals surface area contributed by atoms with Gasteiger partial charge in [0.15, 0.2) is 5.60 Å². The van der Waals surface area contributed by atoms with Gasteiger partial charge in [-0.25, -0.2) is 4.79 Å². The van der Waals surface area contributed by atoms with Crippen LogP contribution in [0.3, 0.4) is 0 Å². The van der Waals surface area contributed by atoms with Gasteiger partial charge >= 0.3 is 5.97 Å². The van der Waals surface area contributed by atoms with Crippen LogP contribution in [0.25, 0.3) is 0 Å². The molecule has 1 atom stereocenters. The van der Waals surface area contributed by atoms with Crippen LogP contribution in [0.4, 0.5) is 0 Å². The van der Waals surface area contributed by atoms with Crippen molar-refractivity contribution >= 4 is 5.97 Å². The van der Waals surface area contributed by atoms with Crippen molar-refractivity contribution in [3.8, 4) is 0 Å². The highest BCUT2D eigenvalue weighted by Crippen LogP contribution is 2.37. The maximum absolute atomic E-state index is 10.6. The maximum atomic E-state index is 10.6. The van der Waals surface area contributed by atoms with E-state index in [0.29, 0.717) is 0 Å². The van der Waals surface area contributed by atoms with Gasteiger partial charge in [0.2, 0.25) is 0 Å². The molecule has 0 spiro atoms. The molecule has 4 nitrogen and oxygen atoms in total. The standard InChI is InChI=1S/C7H12O4/c1-6(2)3-11-4-7(6,10)5(8)9/h10H,3-4H2,1-2H3,(H,8,9). The summed E-state index contributed by atoms with van der Waals surface area (Å²) >= 11 is 0. The first kappa shape index (κ1) is 8.49. The fourth-order valence-electron chi connectivity index (χ4n) is 1.12. The first-order valence-corrected chi connectivity index (χ1v) is 3.44. The maximum Gasteiger partial charge on any atom is 0.338 e. The molecule has 4 heteroatoms. The highest BCUT2D eigenvalue weighted by atomic mass is 16.5. The van der Waals surface area contributed by atoms with Gasteiger partial charge in [0, 0.05) is 5.41 Å². The zero-order valence-corrected chi connectivity index (χ0v) is 6.63. The lowest BCUT2D eigenvalue weighted by Gasteiger charge is -2.29. The summed E-state index contributed by atoms with van der Waals surface area (Å²) in [5.74, 6) is -1.21. The van der Waals surface area contributed by atoms with Crippen LogP contribution in [0.1, 0.15) is 13.8 Å². The molecule has 1 rings (SSSR count). The second-order valence-electron chi connectivity index (χ2n) is 3.54. The van der Waals surface area contributed by atoms with Gasteiger partial charge in [-0.05, 0) is 0 Å². The number of rotatable bonds is 1. The van der Waals surface area contributed by atoms with Crippen molar-refractivity contribution in [2.24, 2.45) is 5.41 Å². The number of aliphatic hydroxyl groups is 1. The number of carboxylic acid groups (broad SMARTS) is 1. The van der Waals surface area contributed by atoms with Crippen molar-refractivity contribution in [2.75, 3.05) is 13.2 Å². The van der Waals surface area contributed by atoms with Crippen LogP contribution in [0.5, 0.6) is 0 Å².